The zero-order valence-corrected chi connectivity index (χ0v) is 15.5. The average molecular weight is 401 g/mol. The fourth-order valence-corrected chi connectivity index (χ4v) is 4.41. The smallest absolute Gasteiger partial charge is 0.286 e. The minimum absolute atomic E-state index is 0.0993. The molecule has 2 atom stereocenters. The monoisotopic (exact) mass is 400 g/mol. The van der Waals surface area contributed by atoms with Crippen LogP contribution in [0.3, 0.4) is 0 Å². The van der Waals surface area contributed by atoms with Crippen molar-refractivity contribution in [2.45, 2.75) is 17.6 Å². The number of hydrogen-bond donors (Lipinski definition) is 1. The van der Waals surface area contributed by atoms with Crippen LogP contribution in [0, 0.1) is 11.3 Å². The third kappa shape index (κ3) is 3.46. The molecule has 136 valence electrons. The molecule has 0 aliphatic carbocycles. The van der Waals surface area contributed by atoms with Crippen LogP contribution in [-0.2, 0) is 4.79 Å². The van der Waals surface area contributed by atoms with Gasteiger partial charge in [-0.05, 0) is 36.2 Å². The number of carbonyl (C=O) groups is 2. The number of fused-ring (bicyclic) bond motifs is 1. The van der Waals surface area contributed by atoms with Gasteiger partial charge in [-0.3, -0.25) is 14.9 Å². The van der Waals surface area contributed by atoms with E-state index in [0.717, 1.165) is 17.3 Å². The highest BCUT2D eigenvalue weighted by Gasteiger charge is 2.40. The molecule has 2 aromatic carbocycles. The molecule has 1 N–H and O–H groups in total. The van der Waals surface area contributed by atoms with E-state index >= 15 is 0 Å². The number of ether oxygens (including phenoxy) is 2. The number of imide groups is 1. The number of hydrogen-bond acceptors (Lipinski definition) is 6. The predicted octanol–water partition coefficient (Wildman–Crippen LogP) is 4.22. The molecule has 1 fully saturated rings. The van der Waals surface area contributed by atoms with Crippen molar-refractivity contribution in [1.82, 2.24) is 5.32 Å². The van der Waals surface area contributed by atoms with Crippen LogP contribution in [0.2, 0.25) is 5.02 Å². The Morgan fingerprint density at radius 2 is 2.11 bits per heavy atom. The molecule has 2 heterocycles. The van der Waals surface area contributed by atoms with Crippen molar-refractivity contribution in [3.63, 3.8) is 0 Å². The number of benzene rings is 2. The summed E-state index contributed by atoms with van der Waals surface area (Å²) in [6, 6.07) is 12.2. The van der Waals surface area contributed by atoms with Crippen LogP contribution in [-0.4, -0.2) is 23.0 Å². The minimum atomic E-state index is -0.445. The molecule has 0 saturated carbocycles. The topological polar surface area (TPSA) is 88.4 Å². The van der Waals surface area contributed by atoms with E-state index < -0.39 is 5.25 Å². The summed E-state index contributed by atoms with van der Waals surface area (Å²) in [6.45, 7) is 0.456. The molecule has 4 rings (SSSR count). The minimum Gasteiger partial charge on any atom is -0.493 e. The first-order valence-corrected chi connectivity index (χ1v) is 9.46. The van der Waals surface area contributed by atoms with Crippen molar-refractivity contribution in [1.29, 1.82) is 5.26 Å². The lowest BCUT2D eigenvalue weighted by Gasteiger charge is -2.28. The lowest BCUT2D eigenvalue weighted by molar-refractivity contribution is -0.119. The predicted molar refractivity (Wildman–Crippen MR) is 100 cm³/mol. The fourth-order valence-electron chi connectivity index (χ4n) is 3.19. The van der Waals surface area contributed by atoms with E-state index in [4.69, 9.17) is 26.3 Å². The third-order valence-corrected chi connectivity index (χ3v) is 5.85. The standard InChI is InChI=1S/C19H13ClN2O4S/c20-14-7-10(9-21)1-4-15(14)26-11-2-3-12-13(5-6-25-16(12)8-11)17-18(23)22-19(24)27-17/h1-4,7-8,13,17H,5-6H2,(H,22,23,24)/t13-,17?/m1/s1. The Hall–Kier alpha value is -2.69. The molecule has 6 nitrogen and oxygen atoms in total. The summed E-state index contributed by atoms with van der Waals surface area (Å²) in [5.41, 5.74) is 1.33. The second-order valence-corrected chi connectivity index (χ2v) is 7.64. The Balaban J connectivity index is 1.59. The SMILES string of the molecule is N#Cc1ccc(Oc2ccc3c(c2)OCC[C@H]3C2SC(=O)NC2=O)c(Cl)c1. The van der Waals surface area contributed by atoms with Crippen LogP contribution in [0.4, 0.5) is 4.79 Å². The first-order chi connectivity index (χ1) is 13.0. The quantitative estimate of drug-likeness (QED) is 0.829. The molecule has 1 unspecified atom stereocenters. The van der Waals surface area contributed by atoms with Crippen molar-refractivity contribution in [2.24, 2.45) is 0 Å². The average Bonchev–Trinajstić information content (AvgIpc) is 3.00. The van der Waals surface area contributed by atoms with E-state index in [-0.39, 0.29) is 17.1 Å². The number of carbonyl (C=O) groups excluding carboxylic acids is 2. The summed E-state index contributed by atoms with van der Waals surface area (Å²) in [6.07, 6.45) is 0.660. The van der Waals surface area contributed by atoms with Gasteiger partial charge in [0.25, 0.3) is 5.24 Å². The Kier molecular flexibility index (Phi) is 4.68. The van der Waals surface area contributed by atoms with Crippen LogP contribution in [0.5, 0.6) is 17.2 Å². The Bertz CT molecular complexity index is 988. The summed E-state index contributed by atoms with van der Waals surface area (Å²) in [7, 11) is 0. The van der Waals surface area contributed by atoms with Crippen molar-refractivity contribution in [3.05, 3.63) is 52.5 Å². The molecular weight excluding hydrogens is 388 g/mol. The second-order valence-electron chi connectivity index (χ2n) is 6.12. The normalized spacial score (nSPS) is 21.0. The Morgan fingerprint density at radius 1 is 1.26 bits per heavy atom. The Labute approximate surface area is 164 Å². The van der Waals surface area contributed by atoms with Gasteiger partial charge in [0.05, 0.1) is 23.3 Å². The third-order valence-electron chi connectivity index (χ3n) is 4.44. The number of nitrogens with zero attached hydrogens (tertiary/aromatic N) is 1. The number of halogens is 1. The highest BCUT2D eigenvalue weighted by molar-refractivity contribution is 8.15. The highest BCUT2D eigenvalue weighted by atomic mass is 35.5. The Morgan fingerprint density at radius 3 is 2.81 bits per heavy atom. The van der Waals surface area contributed by atoms with Gasteiger partial charge < -0.3 is 9.47 Å². The van der Waals surface area contributed by atoms with Crippen LogP contribution in [0.1, 0.15) is 23.5 Å². The molecule has 27 heavy (non-hydrogen) atoms. The number of nitrogens with one attached hydrogen (secondary N) is 1. The molecule has 0 spiro atoms. The van der Waals surface area contributed by atoms with Gasteiger partial charge in [0.2, 0.25) is 5.91 Å². The van der Waals surface area contributed by atoms with E-state index in [2.05, 4.69) is 5.32 Å². The van der Waals surface area contributed by atoms with E-state index in [9.17, 15) is 9.59 Å². The zero-order chi connectivity index (χ0) is 19.0. The maximum atomic E-state index is 12.0. The summed E-state index contributed by atoms with van der Waals surface area (Å²) >= 11 is 7.18. The van der Waals surface area contributed by atoms with Crippen molar-refractivity contribution in [3.8, 4) is 23.3 Å². The molecule has 2 amide bonds. The van der Waals surface area contributed by atoms with Crippen LogP contribution in [0.15, 0.2) is 36.4 Å². The molecule has 0 bridgehead atoms. The number of amides is 2. The zero-order valence-electron chi connectivity index (χ0n) is 13.9. The summed E-state index contributed by atoms with van der Waals surface area (Å²) < 4.78 is 11.6. The number of rotatable bonds is 3. The molecule has 2 aliphatic rings. The van der Waals surface area contributed by atoms with E-state index in [0.29, 0.717) is 40.9 Å². The van der Waals surface area contributed by atoms with E-state index in [1.807, 2.05) is 12.1 Å². The van der Waals surface area contributed by atoms with E-state index in [1.165, 1.54) is 6.07 Å². The van der Waals surface area contributed by atoms with Gasteiger partial charge in [-0.15, -0.1) is 0 Å². The van der Waals surface area contributed by atoms with Crippen LogP contribution >= 0.6 is 23.4 Å². The van der Waals surface area contributed by atoms with Gasteiger partial charge in [0, 0.05) is 12.0 Å². The highest BCUT2D eigenvalue weighted by Crippen LogP contribution is 2.43. The molecule has 0 aromatic heterocycles. The lowest BCUT2D eigenvalue weighted by atomic mass is 9.89. The second kappa shape index (κ2) is 7.14. The molecule has 1 saturated heterocycles. The fraction of sp³-hybridized carbons (Fsp3) is 0.211. The van der Waals surface area contributed by atoms with Crippen LogP contribution in [0.25, 0.3) is 0 Å². The maximum Gasteiger partial charge on any atom is 0.286 e. The lowest BCUT2D eigenvalue weighted by Crippen LogP contribution is -2.31. The van der Waals surface area contributed by atoms with Gasteiger partial charge in [0.1, 0.15) is 22.5 Å². The van der Waals surface area contributed by atoms with Gasteiger partial charge in [-0.25, -0.2) is 0 Å². The summed E-state index contributed by atoms with van der Waals surface area (Å²) in [5.74, 6) is 1.23. The van der Waals surface area contributed by atoms with Gasteiger partial charge in [-0.2, -0.15) is 5.26 Å². The maximum absolute atomic E-state index is 12.0. The molecular formula is C19H13ClN2O4S. The molecule has 2 aromatic rings. The molecule has 2 aliphatic heterocycles. The molecule has 0 radical (unpaired) electrons. The van der Waals surface area contributed by atoms with Gasteiger partial charge >= 0.3 is 0 Å². The summed E-state index contributed by atoms with van der Waals surface area (Å²) in [5, 5.41) is 10.8. The summed E-state index contributed by atoms with van der Waals surface area (Å²) in [4.78, 5) is 23.5. The first-order valence-electron chi connectivity index (χ1n) is 8.21. The number of thioether (sulfide) groups is 1. The van der Waals surface area contributed by atoms with Crippen molar-refractivity contribution >= 4 is 34.5 Å². The number of nitriles is 1. The van der Waals surface area contributed by atoms with Crippen molar-refractivity contribution in [2.75, 3.05) is 6.61 Å². The van der Waals surface area contributed by atoms with Crippen molar-refractivity contribution < 1.29 is 19.1 Å². The van der Waals surface area contributed by atoms with Crippen LogP contribution < -0.4 is 14.8 Å². The molecule has 8 heteroatoms. The first kappa shape index (κ1) is 17.7. The van der Waals surface area contributed by atoms with Gasteiger partial charge in [0.15, 0.2) is 0 Å². The largest absolute Gasteiger partial charge is 0.493 e. The van der Waals surface area contributed by atoms with E-state index in [1.54, 1.807) is 24.3 Å². The van der Waals surface area contributed by atoms with Gasteiger partial charge in [-0.1, -0.05) is 29.4 Å².